The molecule has 0 aromatic carbocycles. The molecule has 0 amide bonds. The van der Waals surface area contributed by atoms with E-state index in [0.717, 1.165) is 25.1 Å². The smallest absolute Gasteiger partial charge is 0.268 e. The van der Waals surface area contributed by atoms with Crippen LogP contribution in [0.1, 0.15) is 55.8 Å². The standard InChI is InChI=1S/C13H21N3O/c17-13-11-9-14-8-7-12(11)16(15-13)10-5-3-1-2-4-6-10/h10,14H,1-9H2,(H,15,17). The van der Waals surface area contributed by atoms with E-state index >= 15 is 0 Å². The molecule has 1 fully saturated rings. The highest BCUT2D eigenvalue weighted by Gasteiger charge is 2.23. The second kappa shape index (κ2) is 4.69. The van der Waals surface area contributed by atoms with Crippen LogP contribution >= 0.6 is 0 Å². The van der Waals surface area contributed by atoms with Gasteiger partial charge in [-0.2, -0.15) is 0 Å². The molecule has 1 saturated carbocycles. The summed E-state index contributed by atoms with van der Waals surface area (Å²) in [5, 5.41) is 6.35. The van der Waals surface area contributed by atoms with E-state index in [2.05, 4.69) is 15.1 Å². The molecular weight excluding hydrogens is 214 g/mol. The van der Waals surface area contributed by atoms with Gasteiger partial charge in [0.05, 0.1) is 11.6 Å². The fourth-order valence-electron chi connectivity index (χ4n) is 3.22. The fourth-order valence-corrected chi connectivity index (χ4v) is 3.22. The van der Waals surface area contributed by atoms with Gasteiger partial charge in [-0.05, 0) is 12.8 Å². The summed E-state index contributed by atoms with van der Waals surface area (Å²) >= 11 is 0. The van der Waals surface area contributed by atoms with Crippen molar-refractivity contribution < 1.29 is 0 Å². The molecule has 0 radical (unpaired) electrons. The summed E-state index contributed by atoms with van der Waals surface area (Å²) in [7, 11) is 0. The predicted octanol–water partition coefficient (Wildman–Crippen LogP) is 1.72. The fraction of sp³-hybridized carbons (Fsp3) is 0.769. The van der Waals surface area contributed by atoms with E-state index in [-0.39, 0.29) is 5.56 Å². The van der Waals surface area contributed by atoms with Crippen molar-refractivity contribution in [2.45, 2.75) is 57.5 Å². The normalized spacial score (nSPS) is 22.1. The lowest BCUT2D eigenvalue weighted by Crippen LogP contribution is -2.27. The summed E-state index contributed by atoms with van der Waals surface area (Å²) in [5.41, 5.74) is 2.36. The minimum absolute atomic E-state index is 0.122. The largest absolute Gasteiger partial charge is 0.312 e. The molecule has 1 aromatic rings. The van der Waals surface area contributed by atoms with Crippen LogP contribution in [-0.4, -0.2) is 16.3 Å². The number of aromatic nitrogens is 2. The minimum Gasteiger partial charge on any atom is -0.312 e. The Morgan fingerprint density at radius 1 is 1.12 bits per heavy atom. The number of hydrogen-bond acceptors (Lipinski definition) is 2. The molecule has 0 unspecified atom stereocenters. The van der Waals surface area contributed by atoms with Crippen molar-refractivity contribution in [3.8, 4) is 0 Å². The van der Waals surface area contributed by atoms with E-state index in [1.807, 2.05) is 0 Å². The van der Waals surface area contributed by atoms with E-state index < -0.39 is 0 Å². The van der Waals surface area contributed by atoms with E-state index in [4.69, 9.17) is 0 Å². The third kappa shape index (κ3) is 2.06. The lowest BCUT2D eigenvalue weighted by Gasteiger charge is -2.21. The summed E-state index contributed by atoms with van der Waals surface area (Å²) in [6, 6.07) is 0.534. The Bertz CT molecular complexity index is 438. The second-order valence-electron chi connectivity index (χ2n) is 5.31. The highest BCUT2D eigenvalue weighted by atomic mass is 16.1. The van der Waals surface area contributed by atoms with Gasteiger partial charge in [-0.1, -0.05) is 25.7 Å². The maximum Gasteiger partial charge on any atom is 0.268 e. The van der Waals surface area contributed by atoms with Gasteiger partial charge in [0, 0.05) is 25.2 Å². The molecule has 1 aromatic heterocycles. The Morgan fingerprint density at radius 3 is 2.65 bits per heavy atom. The van der Waals surface area contributed by atoms with Crippen molar-refractivity contribution in [2.75, 3.05) is 6.54 Å². The topological polar surface area (TPSA) is 49.8 Å². The van der Waals surface area contributed by atoms with E-state index in [9.17, 15) is 4.79 Å². The van der Waals surface area contributed by atoms with Crippen LogP contribution in [0, 0.1) is 0 Å². The van der Waals surface area contributed by atoms with Gasteiger partial charge in [0.2, 0.25) is 0 Å². The zero-order valence-corrected chi connectivity index (χ0v) is 10.3. The minimum atomic E-state index is 0.122. The summed E-state index contributed by atoms with van der Waals surface area (Å²) in [6.45, 7) is 1.74. The lowest BCUT2D eigenvalue weighted by molar-refractivity contribution is 0.387. The molecule has 2 N–H and O–H groups in total. The average molecular weight is 235 g/mol. The first-order chi connectivity index (χ1) is 8.36. The van der Waals surface area contributed by atoms with Crippen LogP contribution in [0.4, 0.5) is 0 Å². The lowest BCUT2D eigenvalue weighted by atomic mass is 10.1. The van der Waals surface area contributed by atoms with E-state index in [1.54, 1.807) is 0 Å². The molecule has 1 aliphatic heterocycles. The van der Waals surface area contributed by atoms with Crippen LogP contribution < -0.4 is 10.9 Å². The first kappa shape index (κ1) is 11.1. The molecule has 2 aliphatic rings. The van der Waals surface area contributed by atoms with Gasteiger partial charge in [0.1, 0.15) is 0 Å². The molecular formula is C13H21N3O. The number of hydrogen-bond donors (Lipinski definition) is 2. The number of rotatable bonds is 1. The van der Waals surface area contributed by atoms with E-state index in [0.29, 0.717) is 6.04 Å². The molecule has 0 bridgehead atoms. The first-order valence-electron chi connectivity index (χ1n) is 6.89. The van der Waals surface area contributed by atoms with Gasteiger partial charge in [0.25, 0.3) is 5.56 Å². The van der Waals surface area contributed by atoms with Crippen molar-refractivity contribution in [1.82, 2.24) is 15.1 Å². The van der Waals surface area contributed by atoms with Crippen molar-refractivity contribution in [3.05, 3.63) is 21.6 Å². The van der Waals surface area contributed by atoms with E-state index in [1.165, 1.54) is 44.2 Å². The Labute approximate surface area is 101 Å². The quantitative estimate of drug-likeness (QED) is 0.728. The number of fused-ring (bicyclic) bond motifs is 1. The summed E-state index contributed by atoms with van der Waals surface area (Å²) in [4.78, 5) is 11.9. The summed E-state index contributed by atoms with van der Waals surface area (Å²) in [6.07, 6.45) is 8.76. The van der Waals surface area contributed by atoms with Gasteiger partial charge in [0.15, 0.2) is 0 Å². The molecule has 94 valence electrons. The SMILES string of the molecule is O=c1[nH]n(C2CCCCCC2)c2c1CNCC2. The maximum atomic E-state index is 11.9. The summed E-state index contributed by atoms with van der Waals surface area (Å²) < 4.78 is 2.20. The average Bonchev–Trinajstić information content (AvgIpc) is 2.57. The molecule has 4 heteroatoms. The Kier molecular flexibility index (Phi) is 3.05. The van der Waals surface area contributed by atoms with Gasteiger partial charge in [-0.15, -0.1) is 0 Å². The summed E-state index contributed by atoms with van der Waals surface area (Å²) in [5.74, 6) is 0. The van der Waals surface area contributed by atoms with Crippen molar-refractivity contribution in [3.63, 3.8) is 0 Å². The monoisotopic (exact) mass is 235 g/mol. The Hall–Kier alpha value is -1.03. The van der Waals surface area contributed by atoms with Crippen LogP contribution in [0.3, 0.4) is 0 Å². The van der Waals surface area contributed by atoms with Crippen molar-refractivity contribution >= 4 is 0 Å². The number of aromatic amines is 1. The molecule has 0 atom stereocenters. The van der Waals surface area contributed by atoms with Crippen LogP contribution in [0.2, 0.25) is 0 Å². The van der Waals surface area contributed by atoms with Crippen LogP contribution in [0.15, 0.2) is 4.79 Å². The maximum absolute atomic E-state index is 11.9. The Balaban J connectivity index is 1.93. The molecule has 3 rings (SSSR count). The third-order valence-electron chi connectivity index (χ3n) is 4.17. The Morgan fingerprint density at radius 2 is 1.88 bits per heavy atom. The highest BCUT2D eigenvalue weighted by molar-refractivity contribution is 5.21. The van der Waals surface area contributed by atoms with Gasteiger partial charge < -0.3 is 5.32 Å². The molecule has 1 aliphatic carbocycles. The van der Waals surface area contributed by atoms with Crippen molar-refractivity contribution in [2.24, 2.45) is 0 Å². The van der Waals surface area contributed by atoms with Crippen LogP contribution in [0.25, 0.3) is 0 Å². The second-order valence-corrected chi connectivity index (χ2v) is 5.31. The number of nitrogens with one attached hydrogen (secondary N) is 2. The molecule has 0 saturated heterocycles. The third-order valence-corrected chi connectivity index (χ3v) is 4.17. The van der Waals surface area contributed by atoms with Crippen LogP contribution in [0.5, 0.6) is 0 Å². The van der Waals surface area contributed by atoms with Gasteiger partial charge >= 0.3 is 0 Å². The molecule has 17 heavy (non-hydrogen) atoms. The zero-order chi connectivity index (χ0) is 11.7. The zero-order valence-electron chi connectivity index (χ0n) is 10.3. The van der Waals surface area contributed by atoms with Crippen LogP contribution in [-0.2, 0) is 13.0 Å². The molecule has 4 nitrogen and oxygen atoms in total. The van der Waals surface area contributed by atoms with Gasteiger partial charge in [-0.25, -0.2) is 0 Å². The molecule has 2 heterocycles. The number of H-pyrrole nitrogens is 1. The predicted molar refractivity (Wildman–Crippen MR) is 67.2 cm³/mol. The van der Waals surface area contributed by atoms with Crippen molar-refractivity contribution in [1.29, 1.82) is 0 Å². The highest BCUT2D eigenvalue weighted by Crippen LogP contribution is 2.28. The number of nitrogens with zero attached hydrogens (tertiary/aromatic N) is 1. The first-order valence-corrected chi connectivity index (χ1v) is 6.89. The molecule has 0 spiro atoms. The van der Waals surface area contributed by atoms with Gasteiger partial charge in [-0.3, -0.25) is 14.6 Å².